The number of aromatic amines is 1. The van der Waals surface area contributed by atoms with Gasteiger partial charge in [0.05, 0.1) is 5.10 Å². The highest BCUT2D eigenvalue weighted by atomic mass is 16.6. The van der Waals surface area contributed by atoms with Gasteiger partial charge in [0.25, 0.3) is 0 Å². The molecule has 0 amide bonds. The molecule has 1 aromatic rings. The van der Waals surface area contributed by atoms with Crippen LogP contribution in [0.2, 0.25) is 0 Å². The molecule has 0 spiro atoms. The van der Waals surface area contributed by atoms with Crippen LogP contribution >= 0.6 is 0 Å². The topological polar surface area (TPSA) is 125 Å². The summed E-state index contributed by atoms with van der Waals surface area (Å²) in [5.41, 5.74) is 0. The Morgan fingerprint density at radius 2 is 2.18 bits per heavy atom. The summed E-state index contributed by atoms with van der Waals surface area (Å²) in [5, 5.41) is 22.9. The van der Waals surface area contributed by atoms with Crippen LogP contribution in [0.4, 0.5) is 11.9 Å². The Morgan fingerprint density at radius 3 is 2.45 bits per heavy atom. The van der Waals surface area contributed by atoms with Gasteiger partial charge in [0.15, 0.2) is 4.92 Å². The fraction of sp³-hybridized carbons (Fsp3) is 0. The largest absolute Gasteiger partial charge is 0.548 e. The monoisotopic (exact) mass is 160 g/mol. The van der Waals surface area contributed by atoms with E-state index in [1.54, 1.807) is 0 Å². The number of nitrogens with one attached hydrogen (secondary N) is 1. The van der Waals surface area contributed by atoms with E-state index in [0.29, 0.717) is 0 Å². The van der Waals surface area contributed by atoms with Gasteiger partial charge in [0, 0.05) is 4.98 Å². The zero-order chi connectivity index (χ0) is 8.43. The minimum absolute atomic E-state index is 0.677. The van der Waals surface area contributed by atoms with E-state index >= 15 is 0 Å². The van der Waals surface area contributed by atoms with E-state index in [-0.39, 0.29) is 0 Å². The Labute approximate surface area is 58.4 Å². The van der Waals surface area contributed by atoms with Crippen LogP contribution < -0.4 is 0 Å². The molecule has 58 valence electrons. The maximum absolute atomic E-state index is 9.99. The lowest BCUT2D eigenvalue weighted by atomic mass is 11.0. The minimum Gasteiger partial charge on any atom is -0.390 e. The first-order chi connectivity index (χ1) is 5.11. The van der Waals surface area contributed by atoms with E-state index < -0.39 is 21.7 Å². The molecule has 1 heterocycles. The second-order valence-corrected chi connectivity index (χ2v) is 1.49. The van der Waals surface area contributed by atoms with Gasteiger partial charge in [-0.1, -0.05) is 5.10 Å². The van der Waals surface area contributed by atoms with E-state index in [0.717, 1.165) is 0 Å². The lowest BCUT2D eigenvalue weighted by Crippen LogP contribution is -1.94. The Bertz CT molecular complexity index is 275. The van der Waals surface area contributed by atoms with Gasteiger partial charge in [-0.3, -0.25) is 0 Å². The molecule has 11 heavy (non-hydrogen) atoms. The molecule has 0 aliphatic carbocycles. The highest BCUT2D eigenvalue weighted by Gasteiger charge is 2.24. The Morgan fingerprint density at radius 1 is 1.55 bits per heavy atom. The molecule has 0 aliphatic rings. The van der Waals surface area contributed by atoms with Crippen LogP contribution in [0.15, 0.2) is 0 Å². The predicted molar refractivity (Wildman–Crippen MR) is 28.1 cm³/mol. The molecule has 0 atom stereocenters. The van der Waals surface area contributed by atoms with E-state index in [1.165, 1.54) is 0 Å². The number of hydrogen-bond acceptors (Lipinski definition) is 5. The quantitative estimate of drug-likeness (QED) is 0.444. The van der Waals surface area contributed by atoms with Gasteiger partial charge in [-0.25, -0.2) is 0 Å². The first kappa shape index (κ1) is 7.05. The fourth-order valence-electron chi connectivity index (χ4n) is 0.412. The standard InChI is InChI=1S/C2H2N5O4/c8-6(9)1-3-2(5-4-1)7(10)11/h(H,8,9)(H,3,4,5)/q+1. The zero-order valence-electron chi connectivity index (χ0n) is 4.96. The van der Waals surface area contributed by atoms with Crippen molar-refractivity contribution in [2.24, 2.45) is 0 Å². The van der Waals surface area contributed by atoms with Gasteiger partial charge in [-0.15, -0.1) is 0 Å². The van der Waals surface area contributed by atoms with Crippen molar-refractivity contribution in [3.8, 4) is 0 Å². The molecule has 9 nitrogen and oxygen atoms in total. The van der Waals surface area contributed by atoms with Crippen LogP contribution in [-0.4, -0.2) is 30.2 Å². The lowest BCUT2D eigenvalue weighted by Gasteiger charge is -1.81. The lowest BCUT2D eigenvalue weighted by molar-refractivity contribution is -0.734. The van der Waals surface area contributed by atoms with Crippen molar-refractivity contribution in [2.75, 3.05) is 0 Å². The van der Waals surface area contributed by atoms with Crippen molar-refractivity contribution in [3.05, 3.63) is 15.0 Å². The van der Waals surface area contributed by atoms with Gasteiger partial charge >= 0.3 is 11.9 Å². The van der Waals surface area contributed by atoms with E-state index in [1.807, 2.05) is 5.10 Å². The summed E-state index contributed by atoms with van der Waals surface area (Å²) < 4.78 is 0. The van der Waals surface area contributed by atoms with Gasteiger partial charge in [-0.2, -0.15) is 0 Å². The van der Waals surface area contributed by atoms with E-state index in [2.05, 4.69) is 10.1 Å². The molecular formula is C2H2N5O4+. The summed E-state index contributed by atoms with van der Waals surface area (Å²) in [6.07, 6.45) is 0. The molecular weight excluding hydrogens is 158 g/mol. The Balaban J connectivity index is 2.99. The molecule has 0 saturated carbocycles. The average molecular weight is 160 g/mol. The second kappa shape index (κ2) is 2.28. The van der Waals surface area contributed by atoms with Crippen LogP contribution in [0.5, 0.6) is 0 Å². The number of nitrogens with zero attached hydrogens (tertiary/aromatic N) is 4. The maximum Gasteiger partial charge on any atom is 0.548 e. The smallest absolute Gasteiger partial charge is 0.390 e. The van der Waals surface area contributed by atoms with Gasteiger partial charge in [0.2, 0.25) is 0 Å². The van der Waals surface area contributed by atoms with Crippen LogP contribution in [0.25, 0.3) is 0 Å². The summed E-state index contributed by atoms with van der Waals surface area (Å²) in [7, 11) is 0. The number of nitro groups is 1. The minimum atomic E-state index is -0.875. The van der Waals surface area contributed by atoms with Crippen molar-refractivity contribution in [2.45, 2.75) is 0 Å². The third kappa shape index (κ3) is 1.26. The molecule has 0 radical (unpaired) electrons. The highest BCUT2D eigenvalue weighted by Crippen LogP contribution is 2.05. The molecule has 0 aromatic carbocycles. The van der Waals surface area contributed by atoms with Crippen molar-refractivity contribution < 1.29 is 15.1 Å². The third-order valence-electron chi connectivity index (χ3n) is 0.806. The Hall–Kier alpha value is -2.06. The van der Waals surface area contributed by atoms with Gasteiger partial charge < -0.3 is 15.3 Å². The molecule has 2 N–H and O–H groups in total. The fourth-order valence-corrected chi connectivity index (χ4v) is 0.412. The first-order valence-electron chi connectivity index (χ1n) is 2.34. The molecule has 0 bridgehead atoms. The van der Waals surface area contributed by atoms with Crippen LogP contribution in [0.1, 0.15) is 0 Å². The number of aromatic nitrogens is 3. The van der Waals surface area contributed by atoms with Crippen molar-refractivity contribution >= 4 is 11.9 Å². The SMILES string of the molecule is O=[N+]([O-])c1nc([N+](=O)O)n[nH]1. The molecule has 1 aromatic heterocycles. The van der Waals surface area contributed by atoms with Crippen LogP contribution in [0, 0.1) is 15.0 Å². The number of H-pyrrole nitrogens is 1. The summed E-state index contributed by atoms with van der Waals surface area (Å²) in [6.45, 7) is 0. The number of hydrogen-bond donors (Lipinski definition) is 2. The normalized spacial score (nSPS) is 9.45. The summed E-state index contributed by atoms with van der Waals surface area (Å²) in [4.78, 5) is 21.3. The average Bonchev–Trinajstić information content (AvgIpc) is 2.33. The predicted octanol–water partition coefficient (Wildman–Crippen LogP) is -0.488. The Kier molecular flexibility index (Phi) is 1.46. The van der Waals surface area contributed by atoms with Crippen LogP contribution in [-0.2, 0) is 0 Å². The van der Waals surface area contributed by atoms with E-state index in [9.17, 15) is 15.0 Å². The highest BCUT2D eigenvalue weighted by molar-refractivity contribution is 5.10. The molecule has 9 heteroatoms. The molecule has 0 aliphatic heterocycles. The zero-order valence-corrected chi connectivity index (χ0v) is 4.96. The first-order valence-corrected chi connectivity index (χ1v) is 2.34. The molecule has 1 rings (SSSR count). The summed E-state index contributed by atoms with van der Waals surface area (Å²) >= 11 is 0. The molecule has 0 fully saturated rings. The third-order valence-corrected chi connectivity index (χ3v) is 0.806. The van der Waals surface area contributed by atoms with Crippen molar-refractivity contribution in [3.63, 3.8) is 0 Å². The summed E-state index contributed by atoms with van der Waals surface area (Å²) in [5.74, 6) is -1.40. The maximum atomic E-state index is 9.99. The summed E-state index contributed by atoms with van der Waals surface area (Å²) in [6, 6.07) is 0. The van der Waals surface area contributed by atoms with Gasteiger partial charge in [0.1, 0.15) is 0 Å². The molecule has 0 unspecified atom stereocenters. The molecule has 0 saturated heterocycles. The van der Waals surface area contributed by atoms with Gasteiger partial charge in [-0.05, 0) is 9.83 Å². The number of rotatable bonds is 2. The van der Waals surface area contributed by atoms with Crippen molar-refractivity contribution in [1.82, 2.24) is 15.2 Å². The van der Waals surface area contributed by atoms with E-state index in [4.69, 9.17) is 5.21 Å². The van der Waals surface area contributed by atoms with Crippen molar-refractivity contribution in [1.29, 1.82) is 0 Å². The van der Waals surface area contributed by atoms with Crippen LogP contribution in [0.3, 0.4) is 0 Å². The second-order valence-electron chi connectivity index (χ2n) is 1.49.